The van der Waals surface area contributed by atoms with Crippen molar-refractivity contribution < 1.29 is 25.2 Å². The molecule has 0 saturated carbocycles. The average molecular weight is 213 g/mol. The highest BCUT2D eigenvalue weighted by atomic mass is 16.4. The van der Waals surface area contributed by atoms with E-state index in [1.807, 2.05) is 0 Å². The maximum Gasteiger partial charge on any atom is 0.354 e. The van der Waals surface area contributed by atoms with E-state index in [1.54, 1.807) is 0 Å². The van der Waals surface area contributed by atoms with Gasteiger partial charge in [0.2, 0.25) is 0 Å². The first-order valence-corrected chi connectivity index (χ1v) is 4.22. The minimum Gasteiger partial charge on any atom is -0.477 e. The summed E-state index contributed by atoms with van der Waals surface area (Å²) in [5.74, 6) is -1.22. The van der Waals surface area contributed by atoms with Gasteiger partial charge in [0.15, 0.2) is 0 Å². The molecule has 1 aromatic heterocycles. The molecule has 0 aliphatic carbocycles. The summed E-state index contributed by atoms with van der Waals surface area (Å²) in [6.45, 7) is -0.605. The lowest BCUT2D eigenvalue weighted by molar-refractivity contribution is -0.0153. The number of aliphatic hydroxyl groups is 3. The predicted molar refractivity (Wildman–Crippen MR) is 49.2 cm³/mol. The van der Waals surface area contributed by atoms with Gasteiger partial charge in [0, 0.05) is 6.20 Å². The van der Waals surface area contributed by atoms with Crippen LogP contribution in [0.15, 0.2) is 18.3 Å². The number of carboxylic acids is 1. The number of pyridine rings is 1. The zero-order valence-electron chi connectivity index (χ0n) is 7.74. The van der Waals surface area contributed by atoms with Crippen LogP contribution >= 0.6 is 0 Å². The lowest BCUT2D eigenvalue weighted by atomic mass is 10.1. The van der Waals surface area contributed by atoms with E-state index in [1.165, 1.54) is 12.3 Å². The quantitative estimate of drug-likeness (QED) is 0.519. The van der Waals surface area contributed by atoms with Crippen molar-refractivity contribution in [1.82, 2.24) is 4.98 Å². The molecule has 1 rings (SSSR count). The lowest BCUT2D eigenvalue weighted by Gasteiger charge is -2.15. The third-order valence-corrected chi connectivity index (χ3v) is 1.90. The Morgan fingerprint density at radius 3 is 2.67 bits per heavy atom. The van der Waals surface area contributed by atoms with Gasteiger partial charge in [-0.1, -0.05) is 0 Å². The van der Waals surface area contributed by atoms with Crippen LogP contribution in [0.1, 0.15) is 22.2 Å². The van der Waals surface area contributed by atoms with Crippen LogP contribution in [0.4, 0.5) is 0 Å². The first kappa shape index (κ1) is 11.6. The molecule has 4 N–H and O–H groups in total. The van der Waals surface area contributed by atoms with E-state index in [0.717, 1.165) is 6.07 Å². The summed E-state index contributed by atoms with van der Waals surface area (Å²) in [6.07, 6.45) is -1.45. The Balaban J connectivity index is 2.94. The number of rotatable bonds is 4. The Morgan fingerprint density at radius 2 is 2.13 bits per heavy atom. The number of hydrogen-bond donors (Lipinski definition) is 4. The molecule has 0 aliphatic rings. The Kier molecular flexibility index (Phi) is 3.73. The van der Waals surface area contributed by atoms with Gasteiger partial charge >= 0.3 is 5.97 Å². The lowest BCUT2D eigenvalue weighted by Crippen LogP contribution is -2.22. The van der Waals surface area contributed by atoms with Crippen molar-refractivity contribution in [3.8, 4) is 0 Å². The van der Waals surface area contributed by atoms with Gasteiger partial charge in [0.25, 0.3) is 0 Å². The van der Waals surface area contributed by atoms with E-state index < -0.39 is 24.8 Å². The molecule has 82 valence electrons. The number of carbonyl (C=O) groups is 1. The molecule has 15 heavy (non-hydrogen) atoms. The molecule has 0 aliphatic heterocycles. The maximum absolute atomic E-state index is 10.6. The SMILES string of the molecule is O=C(O)c1cc(C(O)C(O)CO)ccn1. The largest absolute Gasteiger partial charge is 0.477 e. The first-order valence-electron chi connectivity index (χ1n) is 4.22. The van der Waals surface area contributed by atoms with Gasteiger partial charge in [-0.25, -0.2) is 9.78 Å². The molecule has 0 fully saturated rings. The summed E-state index contributed by atoms with van der Waals surface area (Å²) in [4.78, 5) is 14.1. The second-order valence-electron chi connectivity index (χ2n) is 2.97. The first-order chi connectivity index (χ1) is 7.06. The fourth-order valence-corrected chi connectivity index (χ4v) is 1.07. The summed E-state index contributed by atoms with van der Waals surface area (Å²) in [5, 5.41) is 35.8. The average Bonchev–Trinajstić information content (AvgIpc) is 2.27. The second kappa shape index (κ2) is 4.83. The van der Waals surface area contributed by atoms with E-state index in [-0.39, 0.29) is 11.3 Å². The van der Waals surface area contributed by atoms with Crippen LogP contribution in [0.25, 0.3) is 0 Å². The fraction of sp³-hybridized carbons (Fsp3) is 0.333. The minimum atomic E-state index is -1.34. The standard InChI is InChI=1S/C9H11NO5/c11-4-7(12)8(13)5-1-2-10-6(3-5)9(14)15/h1-3,7-8,11-13H,4H2,(H,14,15). The molecule has 0 spiro atoms. The van der Waals surface area contributed by atoms with Crippen molar-refractivity contribution in [2.24, 2.45) is 0 Å². The van der Waals surface area contributed by atoms with Gasteiger partial charge in [-0.15, -0.1) is 0 Å². The highest BCUT2D eigenvalue weighted by molar-refractivity contribution is 5.85. The highest BCUT2D eigenvalue weighted by Gasteiger charge is 2.18. The molecule has 6 heteroatoms. The van der Waals surface area contributed by atoms with Gasteiger partial charge in [0.1, 0.15) is 17.9 Å². The van der Waals surface area contributed by atoms with Crippen molar-refractivity contribution >= 4 is 5.97 Å². The van der Waals surface area contributed by atoms with Crippen molar-refractivity contribution in [3.63, 3.8) is 0 Å². The summed E-state index contributed by atoms with van der Waals surface area (Å²) in [6, 6.07) is 2.52. The van der Waals surface area contributed by atoms with Crippen molar-refractivity contribution in [1.29, 1.82) is 0 Å². The number of nitrogens with zero attached hydrogens (tertiary/aromatic N) is 1. The van der Waals surface area contributed by atoms with E-state index in [4.69, 9.17) is 15.3 Å². The van der Waals surface area contributed by atoms with Gasteiger partial charge in [0.05, 0.1) is 6.61 Å². The summed E-state index contributed by atoms with van der Waals surface area (Å²) < 4.78 is 0. The third-order valence-electron chi connectivity index (χ3n) is 1.90. The van der Waals surface area contributed by atoms with E-state index in [2.05, 4.69) is 4.98 Å². The van der Waals surface area contributed by atoms with Crippen molar-refractivity contribution in [3.05, 3.63) is 29.6 Å². The second-order valence-corrected chi connectivity index (χ2v) is 2.97. The van der Waals surface area contributed by atoms with Crippen LogP contribution in [-0.4, -0.2) is 44.1 Å². The van der Waals surface area contributed by atoms with Gasteiger partial charge in [-0.05, 0) is 17.7 Å². The summed E-state index contributed by atoms with van der Waals surface area (Å²) >= 11 is 0. The zero-order chi connectivity index (χ0) is 11.4. The van der Waals surface area contributed by atoms with Crippen LogP contribution in [-0.2, 0) is 0 Å². The maximum atomic E-state index is 10.6. The Hall–Kier alpha value is -1.50. The van der Waals surface area contributed by atoms with Crippen molar-refractivity contribution in [2.45, 2.75) is 12.2 Å². The molecule has 0 amide bonds. The number of aliphatic hydroxyl groups excluding tert-OH is 3. The predicted octanol–water partition coefficient (Wildman–Crippen LogP) is -0.834. The molecule has 1 heterocycles. The van der Waals surface area contributed by atoms with Crippen LogP contribution in [0.3, 0.4) is 0 Å². The Labute approximate surface area is 85.4 Å². The summed E-state index contributed by atoms with van der Waals surface area (Å²) in [5.41, 5.74) is -0.0272. The molecule has 0 bridgehead atoms. The number of hydrogen-bond acceptors (Lipinski definition) is 5. The molecule has 2 unspecified atom stereocenters. The van der Waals surface area contributed by atoms with Crippen molar-refractivity contribution in [2.75, 3.05) is 6.61 Å². The molecule has 6 nitrogen and oxygen atoms in total. The molecule has 0 radical (unpaired) electrons. The van der Waals surface area contributed by atoms with E-state index in [0.29, 0.717) is 0 Å². The van der Waals surface area contributed by atoms with Gasteiger partial charge in [-0.3, -0.25) is 0 Å². The number of aromatic carboxylic acids is 1. The minimum absolute atomic E-state index is 0.198. The van der Waals surface area contributed by atoms with Gasteiger partial charge < -0.3 is 20.4 Å². The monoisotopic (exact) mass is 213 g/mol. The van der Waals surface area contributed by atoms with Gasteiger partial charge in [-0.2, -0.15) is 0 Å². The molecule has 2 atom stereocenters. The molecular formula is C9H11NO5. The molecule has 0 aromatic carbocycles. The normalized spacial score (nSPS) is 14.6. The van der Waals surface area contributed by atoms with Crippen LogP contribution < -0.4 is 0 Å². The fourth-order valence-electron chi connectivity index (χ4n) is 1.07. The highest BCUT2D eigenvalue weighted by Crippen LogP contribution is 2.16. The third kappa shape index (κ3) is 2.72. The summed E-state index contributed by atoms with van der Waals surface area (Å²) in [7, 11) is 0. The number of aromatic nitrogens is 1. The van der Waals surface area contributed by atoms with Crippen LogP contribution in [0.2, 0.25) is 0 Å². The molecule has 0 saturated heterocycles. The van der Waals surface area contributed by atoms with Crippen LogP contribution in [0.5, 0.6) is 0 Å². The zero-order valence-corrected chi connectivity index (χ0v) is 7.74. The van der Waals surface area contributed by atoms with E-state index >= 15 is 0 Å². The Bertz CT molecular complexity index is 354. The molecule has 1 aromatic rings. The number of carboxylic acid groups (broad SMARTS) is 1. The van der Waals surface area contributed by atoms with Crippen LogP contribution in [0, 0.1) is 0 Å². The van der Waals surface area contributed by atoms with E-state index in [9.17, 15) is 9.90 Å². The molecular weight excluding hydrogens is 202 g/mol. The Morgan fingerprint density at radius 1 is 1.47 bits per heavy atom. The topological polar surface area (TPSA) is 111 Å². The smallest absolute Gasteiger partial charge is 0.354 e.